The molecule has 2 rings (SSSR count). The molecule has 1 fully saturated rings. The molecule has 0 bridgehead atoms. The summed E-state index contributed by atoms with van der Waals surface area (Å²) in [5.41, 5.74) is -0.0881. The number of rotatable bonds is 6. The number of hydrogen-bond acceptors (Lipinski definition) is 4. The molecule has 1 aromatic rings. The van der Waals surface area contributed by atoms with E-state index in [0.717, 1.165) is 31.4 Å². The van der Waals surface area contributed by atoms with Crippen LogP contribution >= 0.6 is 0 Å². The predicted octanol–water partition coefficient (Wildman–Crippen LogP) is 0.838. The van der Waals surface area contributed by atoms with Gasteiger partial charge in [-0.25, -0.2) is 4.98 Å². The number of nitrogens with one attached hydrogen (secondary N) is 2. The van der Waals surface area contributed by atoms with Crippen LogP contribution < -0.4 is 10.9 Å². The number of H-pyrrole nitrogens is 1. The molecule has 1 aliphatic rings. The van der Waals surface area contributed by atoms with Gasteiger partial charge in [0.05, 0.1) is 0 Å². The van der Waals surface area contributed by atoms with Crippen LogP contribution in [0.1, 0.15) is 25.6 Å². The van der Waals surface area contributed by atoms with Gasteiger partial charge >= 0.3 is 0 Å². The minimum absolute atomic E-state index is 0.0881. The Morgan fingerprint density at radius 3 is 3.00 bits per heavy atom. The summed E-state index contributed by atoms with van der Waals surface area (Å²) >= 11 is 0. The Labute approximate surface area is 101 Å². The molecular weight excluding hydrogens is 216 g/mol. The summed E-state index contributed by atoms with van der Waals surface area (Å²) in [6.45, 7) is 3.79. The fraction of sp³-hybridized carbons (Fsp3) is 0.667. The normalized spacial score (nSPS) is 15.2. The minimum atomic E-state index is -0.0881. The van der Waals surface area contributed by atoms with E-state index in [9.17, 15) is 4.79 Å². The zero-order valence-electron chi connectivity index (χ0n) is 10.5. The Morgan fingerprint density at radius 1 is 1.59 bits per heavy atom. The number of aromatic nitrogens is 2. The Balaban J connectivity index is 1.85. The van der Waals surface area contributed by atoms with E-state index >= 15 is 0 Å². The smallest absolute Gasteiger partial charge is 0.252 e. The zero-order chi connectivity index (χ0) is 12.3. The Hall–Kier alpha value is -1.36. The Morgan fingerprint density at radius 2 is 2.35 bits per heavy atom. The van der Waals surface area contributed by atoms with Crippen molar-refractivity contribution >= 4 is 5.82 Å². The fourth-order valence-electron chi connectivity index (χ4n) is 1.82. The molecule has 0 unspecified atom stereocenters. The quantitative estimate of drug-likeness (QED) is 0.768. The predicted molar refractivity (Wildman–Crippen MR) is 68.4 cm³/mol. The number of hydrogen-bond donors (Lipinski definition) is 2. The molecule has 0 aromatic carbocycles. The third-order valence-corrected chi connectivity index (χ3v) is 3.07. The first kappa shape index (κ1) is 12.1. The molecule has 17 heavy (non-hydrogen) atoms. The molecular formula is C12H20N4O. The van der Waals surface area contributed by atoms with Crippen molar-refractivity contribution in [3.63, 3.8) is 0 Å². The van der Waals surface area contributed by atoms with Gasteiger partial charge in [-0.3, -0.25) is 4.79 Å². The average molecular weight is 236 g/mol. The van der Waals surface area contributed by atoms with Crippen LogP contribution in [0.25, 0.3) is 0 Å². The van der Waals surface area contributed by atoms with Crippen molar-refractivity contribution in [2.24, 2.45) is 0 Å². The lowest BCUT2D eigenvalue weighted by atomic mass is 10.4. The molecule has 5 nitrogen and oxygen atoms in total. The highest BCUT2D eigenvalue weighted by atomic mass is 16.1. The second kappa shape index (κ2) is 5.31. The van der Waals surface area contributed by atoms with Gasteiger partial charge in [-0.15, -0.1) is 0 Å². The van der Waals surface area contributed by atoms with Gasteiger partial charge in [0.25, 0.3) is 5.56 Å². The second-order valence-electron chi connectivity index (χ2n) is 4.57. The van der Waals surface area contributed by atoms with Crippen molar-refractivity contribution in [3.8, 4) is 0 Å². The van der Waals surface area contributed by atoms with E-state index in [2.05, 4.69) is 27.2 Å². The summed E-state index contributed by atoms with van der Waals surface area (Å²) in [6.07, 6.45) is 3.38. The van der Waals surface area contributed by atoms with Crippen molar-refractivity contribution in [2.75, 3.05) is 25.5 Å². The van der Waals surface area contributed by atoms with Crippen molar-refractivity contribution in [2.45, 2.75) is 32.2 Å². The van der Waals surface area contributed by atoms with E-state index in [1.165, 1.54) is 18.9 Å². The molecule has 5 heteroatoms. The minimum Gasteiger partial charge on any atom is -0.369 e. The first-order chi connectivity index (χ1) is 8.19. The van der Waals surface area contributed by atoms with Crippen molar-refractivity contribution in [1.29, 1.82) is 0 Å². The van der Waals surface area contributed by atoms with Gasteiger partial charge in [-0.2, -0.15) is 0 Å². The molecule has 0 radical (unpaired) electrons. The molecule has 0 spiro atoms. The maximum atomic E-state index is 11.3. The number of aryl methyl sites for hydroxylation is 1. The van der Waals surface area contributed by atoms with E-state index in [1.807, 2.05) is 6.92 Å². The van der Waals surface area contributed by atoms with Crippen LogP contribution in [0.5, 0.6) is 0 Å². The number of nitrogens with zero attached hydrogens (tertiary/aromatic N) is 2. The summed E-state index contributed by atoms with van der Waals surface area (Å²) in [6, 6.07) is 2.28. The molecule has 1 aliphatic carbocycles. The molecule has 94 valence electrons. The van der Waals surface area contributed by atoms with Crippen LogP contribution in [0.15, 0.2) is 10.9 Å². The molecule has 1 heterocycles. The topological polar surface area (TPSA) is 61.0 Å². The van der Waals surface area contributed by atoms with Crippen LogP contribution in [0.4, 0.5) is 5.82 Å². The standard InChI is InChI=1S/C12H20N4O/c1-3-10-14-11(8-12(17)15-10)13-6-7-16(2)9-4-5-9/h8-9H,3-7H2,1-2H3,(H2,13,14,15,17). The summed E-state index contributed by atoms with van der Waals surface area (Å²) in [7, 11) is 2.14. The highest BCUT2D eigenvalue weighted by molar-refractivity contribution is 5.32. The molecule has 1 saturated carbocycles. The Kier molecular flexibility index (Phi) is 3.78. The fourth-order valence-corrected chi connectivity index (χ4v) is 1.82. The van der Waals surface area contributed by atoms with Crippen molar-refractivity contribution < 1.29 is 0 Å². The van der Waals surface area contributed by atoms with Gasteiger partial charge in [0.15, 0.2) is 0 Å². The van der Waals surface area contributed by atoms with Gasteiger partial charge in [-0.1, -0.05) is 6.92 Å². The van der Waals surface area contributed by atoms with Crippen LogP contribution in [0, 0.1) is 0 Å². The van der Waals surface area contributed by atoms with Gasteiger partial charge in [-0.05, 0) is 19.9 Å². The number of anilines is 1. The van der Waals surface area contributed by atoms with Crippen LogP contribution in [0.3, 0.4) is 0 Å². The van der Waals surface area contributed by atoms with E-state index in [1.54, 1.807) is 0 Å². The first-order valence-corrected chi connectivity index (χ1v) is 6.23. The monoisotopic (exact) mass is 236 g/mol. The first-order valence-electron chi connectivity index (χ1n) is 6.23. The number of likely N-dealkylation sites (N-methyl/N-ethyl adjacent to an activating group) is 1. The largest absolute Gasteiger partial charge is 0.369 e. The van der Waals surface area contributed by atoms with Gasteiger partial charge in [0.2, 0.25) is 0 Å². The van der Waals surface area contributed by atoms with Crippen LogP contribution in [-0.2, 0) is 6.42 Å². The maximum Gasteiger partial charge on any atom is 0.252 e. The number of aromatic amines is 1. The van der Waals surface area contributed by atoms with Crippen molar-refractivity contribution in [3.05, 3.63) is 22.2 Å². The van der Waals surface area contributed by atoms with E-state index < -0.39 is 0 Å². The molecule has 1 aromatic heterocycles. The lowest BCUT2D eigenvalue weighted by molar-refractivity contribution is 0.337. The van der Waals surface area contributed by atoms with Crippen molar-refractivity contribution in [1.82, 2.24) is 14.9 Å². The lowest BCUT2D eigenvalue weighted by Gasteiger charge is -2.15. The van der Waals surface area contributed by atoms with E-state index in [-0.39, 0.29) is 5.56 Å². The highest BCUT2D eigenvalue weighted by Gasteiger charge is 2.25. The summed E-state index contributed by atoms with van der Waals surface area (Å²) in [5, 5.41) is 3.20. The molecule has 2 N–H and O–H groups in total. The summed E-state index contributed by atoms with van der Waals surface area (Å²) in [4.78, 5) is 20.7. The zero-order valence-corrected chi connectivity index (χ0v) is 10.5. The van der Waals surface area contributed by atoms with Gasteiger partial charge < -0.3 is 15.2 Å². The third-order valence-electron chi connectivity index (χ3n) is 3.07. The maximum absolute atomic E-state index is 11.3. The summed E-state index contributed by atoms with van der Waals surface area (Å²) in [5.74, 6) is 1.41. The highest BCUT2D eigenvalue weighted by Crippen LogP contribution is 2.24. The lowest BCUT2D eigenvalue weighted by Crippen LogP contribution is -2.27. The van der Waals surface area contributed by atoms with Crippen LogP contribution in [-0.4, -0.2) is 41.0 Å². The summed E-state index contributed by atoms with van der Waals surface area (Å²) < 4.78 is 0. The van der Waals surface area contributed by atoms with E-state index in [4.69, 9.17) is 0 Å². The molecule has 0 saturated heterocycles. The molecule has 0 aliphatic heterocycles. The molecule has 0 amide bonds. The van der Waals surface area contributed by atoms with Gasteiger partial charge in [0.1, 0.15) is 11.6 Å². The van der Waals surface area contributed by atoms with Gasteiger partial charge in [0, 0.05) is 31.6 Å². The van der Waals surface area contributed by atoms with Crippen LogP contribution in [0.2, 0.25) is 0 Å². The van der Waals surface area contributed by atoms with E-state index in [0.29, 0.717) is 5.82 Å². The molecule has 0 atom stereocenters. The average Bonchev–Trinajstić information content (AvgIpc) is 3.12. The third kappa shape index (κ3) is 3.56. The Bertz CT molecular complexity index is 425. The SMILES string of the molecule is CCc1nc(NCCN(C)C2CC2)cc(=O)[nH]1. The second-order valence-corrected chi connectivity index (χ2v) is 4.57.